The molecule has 4 rings (SSSR count). The molecule has 0 amide bonds. The minimum Gasteiger partial charge on any atom is -0.404 e. The van der Waals surface area contributed by atoms with Gasteiger partial charge in [0, 0.05) is 23.6 Å². The van der Waals surface area contributed by atoms with Crippen molar-refractivity contribution in [2.45, 2.75) is 26.6 Å². The highest BCUT2D eigenvalue weighted by atomic mass is 16.5. The van der Waals surface area contributed by atoms with Crippen molar-refractivity contribution in [2.24, 2.45) is 5.73 Å². The summed E-state index contributed by atoms with van der Waals surface area (Å²) in [7, 11) is 0. The molecule has 0 fully saturated rings. The quantitative estimate of drug-likeness (QED) is 0.700. The van der Waals surface area contributed by atoms with Gasteiger partial charge in [-0.3, -0.25) is 4.57 Å². The minimum absolute atomic E-state index is 0.416. The second-order valence-electron chi connectivity index (χ2n) is 6.51. The molecule has 0 aliphatic carbocycles. The molecule has 27 heavy (non-hydrogen) atoms. The van der Waals surface area contributed by atoms with Gasteiger partial charge in [-0.15, -0.1) is 10.2 Å². The number of benzene rings is 2. The Morgan fingerprint density at radius 2 is 2.00 bits per heavy atom. The van der Waals surface area contributed by atoms with Crippen LogP contribution in [0.4, 0.5) is 0 Å². The topological polar surface area (TPSA) is 89.8 Å². The van der Waals surface area contributed by atoms with Crippen molar-refractivity contribution < 1.29 is 4.74 Å². The first-order valence-corrected chi connectivity index (χ1v) is 8.83. The van der Waals surface area contributed by atoms with E-state index in [0.717, 1.165) is 40.4 Å². The summed E-state index contributed by atoms with van der Waals surface area (Å²) in [6, 6.07) is 14.3. The van der Waals surface area contributed by atoms with Crippen molar-refractivity contribution in [2.75, 3.05) is 0 Å². The van der Waals surface area contributed by atoms with Crippen molar-refractivity contribution in [3.63, 3.8) is 0 Å². The van der Waals surface area contributed by atoms with Gasteiger partial charge in [0.1, 0.15) is 12.4 Å². The summed E-state index contributed by atoms with van der Waals surface area (Å²) in [6.07, 6.45) is 3.50. The van der Waals surface area contributed by atoms with E-state index in [9.17, 15) is 0 Å². The van der Waals surface area contributed by atoms with Gasteiger partial charge in [-0.2, -0.15) is 0 Å². The largest absolute Gasteiger partial charge is 0.404 e. The van der Waals surface area contributed by atoms with Crippen LogP contribution in [0.3, 0.4) is 0 Å². The lowest BCUT2D eigenvalue weighted by atomic mass is 9.90. The molecule has 2 aromatic carbocycles. The SMILES string of the molecule is Cc1nnc2n1-c1ccc(/C(C=N)=C/N)c(Cc3ccccc3)c1COC2. The van der Waals surface area contributed by atoms with Crippen LogP contribution in [0.15, 0.2) is 48.7 Å². The molecule has 0 bridgehead atoms. The molecule has 0 unspecified atom stereocenters. The number of aryl methyl sites for hydroxylation is 1. The molecule has 0 saturated carbocycles. The van der Waals surface area contributed by atoms with Crippen LogP contribution in [0.2, 0.25) is 0 Å². The van der Waals surface area contributed by atoms with Gasteiger partial charge in [0.25, 0.3) is 0 Å². The van der Waals surface area contributed by atoms with Crippen molar-refractivity contribution >= 4 is 11.8 Å². The lowest BCUT2D eigenvalue weighted by molar-refractivity contribution is 0.104. The third kappa shape index (κ3) is 3.04. The first-order chi connectivity index (χ1) is 13.2. The predicted molar refractivity (Wildman–Crippen MR) is 105 cm³/mol. The second-order valence-corrected chi connectivity index (χ2v) is 6.51. The van der Waals surface area contributed by atoms with Gasteiger partial charge in [0.15, 0.2) is 5.82 Å². The third-order valence-corrected chi connectivity index (χ3v) is 4.89. The summed E-state index contributed by atoms with van der Waals surface area (Å²) in [6.45, 7) is 2.84. The van der Waals surface area contributed by atoms with Crippen LogP contribution in [0.25, 0.3) is 11.3 Å². The van der Waals surface area contributed by atoms with Gasteiger partial charge in [-0.25, -0.2) is 0 Å². The molecule has 3 N–H and O–H groups in total. The van der Waals surface area contributed by atoms with Gasteiger partial charge >= 0.3 is 0 Å². The average molecular weight is 359 g/mol. The number of ether oxygens (including phenoxy) is 1. The summed E-state index contributed by atoms with van der Waals surface area (Å²) in [5.74, 6) is 1.63. The molecular formula is C21H21N5O. The molecule has 0 saturated heterocycles. The molecular weight excluding hydrogens is 338 g/mol. The lowest BCUT2D eigenvalue weighted by Crippen LogP contribution is -2.09. The molecule has 1 aliphatic heterocycles. The van der Waals surface area contributed by atoms with Crippen LogP contribution in [0.5, 0.6) is 0 Å². The van der Waals surface area contributed by atoms with Crippen molar-refractivity contribution in [3.8, 4) is 5.69 Å². The maximum atomic E-state index is 7.75. The van der Waals surface area contributed by atoms with Crippen LogP contribution in [-0.2, 0) is 24.4 Å². The van der Waals surface area contributed by atoms with Crippen molar-refractivity contribution in [1.82, 2.24) is 14.8 Å². The number of hydrogen-bond acceptors (Lipinski definition) is 5. The summed E-state index contributed by atoms with van der Waals surface area (Å²) in [5, 5.41) is 16.2. The minimum atomic E-state index is 0.416. The van der Waals surface area contributed by atoms with Crippen LogP contribution >= 0.6 is 0 Å². The Morgan fingerprint density at radius 1 is 1.19 bits per heavy atom. The smallest absolute Gasteiger partial charge is 0.163 e. The van der Waals surface area contributed by atoms with Gasteiger partial charge in [0.2, 0.25) is 0 Å². The fraction of sp³-hybridized carbons (Fsp3) is 0.190. The molecule has 3 aromatic rings. The number of rotatable bonds is 4. The highest BCUT2D eigenvalue weighted by Gasteiger charge is 2.23. The van der Waals surface area contributed by atoms with Crippen LogP contribution in [0, 0.1) is 12.3 Å². The Bertz CT molecular complexity index is 1020. The number of nitrogens with one attached hydrogen (secondary N) is 1. The molecule has 6 heteroatoms. The molecule has 0 radical (unpaired) electrons. The highest BCUT2D eigenvalue weighted by Crippen LogP contribution is 2.32. The van der Waals surface area contributed by atoms with E-state index < -0.39 is 0 Å². The second kappa shape index (κ2) is 7.17. The number of aromatic nitrogens is 3. The number of nitrogens with zero attached hydrogens (tertiary/aromatic N) is 3. The zero-order valence-corrected chi connectivity index (χ0v) is 15.1. The van der Waals surface area contributed by atoms with Crippen LogP contribution < -0.4 is 5.73 Å². The monoisotopic (exact) mass is 359 g/mol. The molecule has 1 aromatic heterocycles. The molecule has 1 aliphatic rings. The molecule has 0 atom stereocenters. The fourth-order valence-corrected chi connectivity index (χ4v) is 3.60. The Balaban J connectivity index is 1.96. The molecule has 2 heterocycles. The number of fused-ring (bicyclic) bond motifs is 3. The van der Waals surface area contributed by atoms with Crippen molar-refractivity contribution in [3.05, 3.63) is 82.6 Å². The molecule has 136 valence electrons. The van der Waals surface area contributed by atoms with Gasteiger partial charge in [0.05, 0.1) is 12.3 Å². The Morgan fingerprint density at radius 3 is 2.74 bits per heavy atom. The number of nitrogens with two attached hydrogens (primary N) is 1. The summed E-state index contributed by atoms with van der Waals surface area (Å²) in [5.41, 5.74) is 11.9. The lowest BCUT2D eigenvalue weighted by Gasteiger charge is -2.19. The Labute approximate surface area is 157 Å². The van der Waals surface area contributed by atoms with Gasteiger partial charge < -0.3 is 15.9 Å². The zero-order chi connectivity index (χ0) is 18.8. The molecule has 6 nitrogen and oxygen atoms in total. The first-order valence-electron chi connectivity index (χ1n) is 8.83. The predicted octanol–water partition coefficient (Wildman–Crippen LogP) is 3.15. The fourth-order valence-electron chi connectivity index (χ4n) is 3.60. The van der Waals surface area contributed by atoms with E-state index in [1.54, 1.807) is 0 Å². The van der Waals surface area contributed by atoms with Gasteiger partial charge in [-0.1, -0.05) is 36.4 Å². The van der Waals surface area contributed by atoms with E-state index in [0.29, 0.717) is 18.8 Å². The van der Waals surface area contributed by atoms with E-state index in [1.807, 2.05) is 37.3 Å². The van der Waals surface area contributed by atoms with E-state index in [2.05, 4.69) is 26.9 Å². The Hall–Kier alpha value is -3.25. The Kier molecular flexibility index (Phi) is 4.56. The van der Waals surface area contributed by atoms with E-state index in [4.69, 9.17) is 15.9 Å². The summed E-state index contributed by atoms with van der Waals surface area (Å²) < 4.78 is 7.96. The highest BCUT2D eigenvalue weighted by molar-refractivity contribution is 6.09. The third-order valence-electron chi connectivity index (χ3n) is 4.89. The van der Waals surface area contributed by atoms with Crippen LogP contribution in [-0.4, -0.2) is 21.0 Å². The maximum absolute atomic E-state index is 7.75. The van der Waals surface area contributed by atoms with E-state index >= 15 is 0 Å². The maximum Gasteiger partial charge on any atom is 0.163 e. The average Bonchev–Trinajstić information content (AvgIpc) is 2.95. The summed E-state index contributed by atoms with van der Waals surface area (Å²) in [4.78, 5) is 0. The standard InChI is InChI=1S/C21H21N5O/c1-14-24-25-21-13-27-12-19-18(9-15-5-3-2-4-6-15)17(16(10-22)11-23)7-8-20(19)26(14)21/h2-8,10-11,22H,9,12-13,23H2,1H3/b16-11+,22-10?. The molecule has 0 spiro atoms. The van der Waals surface area contributed by atoms with E-state index in [-0.39, 0.29) is 0 Å². The zero-order valence-electron chi connectivity index (χ0n) is 15.1. The van der Waals surface area contributed by atoms with Crippen molar-refractivity contribution in [1.29, 1.82) is 5.41 Å². The van der Waals surface area contributed by atoms with Crippen LogP contribution in [0.1, 0.15) is 33.9 Å². The van der Waals surface area contributed by atoms with Gasteiger partial charge in [-0.05, 0) is 36.1 Å². The number of hydrogen-bond donors (Lipinski definition) is 2. The normalized spacial score (nSPS) is 13.6. The summed E-state index contributed by atoms with van der Waals surface area (Å²) >= 11 is 0. The number of allylic oxidation sites excluding steroid dienone is 1. The first kappa shape index (κ1) is 17.2. The van der Waals surface area contributed by atoms with E-state index in [1.165, 1.54) is 18.0 Å².